The molecule has 11 heteroatoms. The summed E-state index contributed by atoms with van der Waals surface area (Å²) in [4.78, 5) is 24.8. The van der Waals surface area contributed by atoms with Crippen LogP contribution in [0.5, 0.6) is 0 Å². The number of hydrogen-bond donors (Lipinski definition) is 1. The molecule has 3 aromatic rings. The van der Waals surface area contributed by atoms with Crippen molar-refractivity contribution in [3.05, 3.63) is 94.0 Å². The standard InChI is InChI=1S/C27H27N3O7S/c1-18-14-29(38(35,36)21-12-10-19(11-13-21)30(33)34)20(16-31)15-28(18)27(32)37-17-26-24-8-4-2-6-22(24)23-7-3-5-9-25(23)26/h2-13,18,20,26,31H,14-17H2,1H3/t18-,20-/m0/s1. The van der Waals surface area contributed by atoms with E-state index in [0.29, 0.717) is 0 Å². The van der Waals surface area contributed by atoms with Gasteiger partial charge in [-0.25, -0.2) is 13.2 Å². The maximum atomic E-state index is 13.3. The summed E-state index contributed by atoms with van der Waals surface area (Å²) in [6.45, 7) is 1.22. The van der Waals surface area contributed by atoms with Crippen LogP contribution in [0.2, 0.25) is 0 Å². The molecule has 0 radical (unpaired) electrons. The monoisotopic (exact) mass is 537 g/mol. The molecule has 0 unspecified atom stereocenters. The molecule has 5 rings (SSSR count). The van der Waals surface area contributed by atoms with Crippen molar-refractivity contribution in [3.8, 4) is 11.1 Å². The van der Waals surface area contributed by atoms with Gasteiger partial charge in [-0.15, -0.1) is 0 Å². The van der Waals surface area contributed by atoms with Crippen molar-refractivity contribution < 1.29 is 28.0 Å². The lowest BCUT2D eigenvalue weighted by Gasteiger charge is -2.43. The molecular formula is C27H27N3O7S. The number of ether oxygens (including phenoxy) is 1. The second-order valence-corrected chi connectivity index (χ2v) is 11.4. The largest absolute Gasteiger partial charge is 0.448 e. The first-order valence-electron chi connectivity index (χ1n) is 12.2. The smallest absolute Gasteiger partial charge is 0.410 e. The molecule has 1 saturated heterocycles. The Bertz CT molecular complexity index is 1430. The number of amides is 1. The predicted molar refractivity (Wildman–Crippen MR) is 139 cm³/mol. The van der Waals surface area contributed by atoms with Crippen molar-refractivity contribution in [1.29, 1.82) is 0 Å². The Balaban J connectivity index is 1.30. The number of carbonyl (C=O) groups is 1. The SMILES string of the molecule is C[C@H]1CN(S(=O)(=O)c2ccc([N+](=O)[O-])cc2)[C@H](CO)CN1C(=O)OCC1c2ccccc2-c2ccccc21. The Labute approximate surface area is 220 Å². The zero-order valence-corrected chi connectivity index (χ0v) is 21.5. The third-order valence-electron chi connectivity index (χ3n) is 7.23. The number of aliphatic hydroxyl groups excluding tert-OH is 1. The molecule has 3 aromatic carbocycles. The van der Waals surface area contributed by atoms with Gasteiger partial charge in [-0.3, -0.25) is 10.1 Å². The summed E-state index contributed by atoms with van der Waals surface area (Å²) in [5.74, 6) is -0.112. The van der Waals surface area contributed by atoms with E-state index in [-0.39, 0.29) is 36.2 Å². The van der Waals surface area contributed by atoms with E-state index in [1.807, 2.05) is 36.4 Å². The van der Waals surface area contributed by atoms with Crippen LogP contribution < -0.4 is 0 Å². The Morgan fingerprint density at radius 3 is 2.13 bits per heavy atom. The van der Waals surface area contributed by atoms with Crippen LogP contribution in [0.15, 0.2) is 77.7 Å². The Hall–Kier alpha value is -3.80. The Morgan fingerprint density at radius 1 is 1.00 bits per heavy atom. The van der Waals surface area contributed by atoms with Gasteiger partial charge >= 0.3 is 6.09 Å². The minimum absolute atomic E-state index is 0.0550. The first-order chi connectivity index (χ1) is 18.2. The molecule has 1 heterocycles. The van der Waals surface area contributed by atoms with Crippen LogP contribution in [-0.4, -0.2) is 72.1 Å². The number of nitro groups is 1. The number of aliphatic hydroxyl groups is 1. The lowest BCUT2D eigenvalue weighted by atomic mass is 9.98. The highest BCUT2D eigenvalue weighted by Gasteiger charge is 2.41. The molecule has 0 spiro atoms. The van der Waals surface area contributed by atoms with Gasteiger partial charge in [-0.05, 0) is 41.3 Å². The zero-order valence-electron chi connectivity index (χ0n) is 20.6. The molecule has 1 aliphatic carbocycles. The van der Waals surface area contributed by atoms with E-state index in [4.69, 9.17) is 4.74 Å². The summed E-state index contributed by atoms with van der Waals surface area (Å²) in [5.41, 5.74) is 4.17. The van der Waals surface area contributed by atoms with E-state index < -0.39 is 39.7 Å². The number of piperazine rings is 1. The number of rotatable bonds is 6. The van der Waals surface area contributed by atoms with Gasteiger partial charge in [0.1, 0.15) is 6.61 Å². The molecule has 1 aliphatic heterocycles. The van der Waals surface area contributed by atoms with Crippen LogP contribution in [0.4, 0.5) is 10.5 Å². The molecule has 0 aromatic heterocycles. The molecule has 2 aliphatic rings. The van der Waals surface area contributed by atoms with Gasteiger partial charge in [0.05, 0.1) is 22.5 Å². The fourth-order valence-electron chi connectivity index (χ4n) is 5.26. The average molecular weight is 538 g/mol. The van der Waals surface area contributed by atoms with Crippen LogP contribution in [0.3, 0.4) is 0 Å². The maximum absolute atomic E-state index is 13.3. The molecule has 0 saturated carbocycles. The Kier molecular flexibility index (Phi) is 6.91. The molecule has 1 N–H and O–H groups in total. The number of fused-ring (bicyclic) bond motifs is 3. The summed E-state index contributed by atoms with van der Waals surface area (Å²) in [6.07, 6.45) is -0.579. The molecule has 198 valence electrons. The van der Waals surface area contributed by atoms with E-state index in [1.165, 1.54) is 17.0 Å². The highest BCUT2D eigenvalue weighted by molar-refractivity contribution is 7.89. The topological polar surface area (TPSA) is 130 Å². The van der Waals surface area contributed by atoms with Crippen LogP contribution in [0, 0.1) is 10.1 Å². The van der Waals surface area contributed by atoms with Crippen molar-refractivity contribution in [2.24, 2.45) is 0 Å². The second-order valence-electron chi connectivity index (χ2n) is 9.47. The third kappa shape index (κ3) is 4.53. The van der Waals surface area contributed by atoms with Gasteiger partial charge in [0.2, 0.25) is 10.0 Å². The number of benzene rings is 3. The number of hydrogen-bond acceptors (Lipinski definition) is 7. The summed E-state index contributed by atoms with van der Waals surface area (Å²) < 4.78 is 33.5. The van der Waals surface area contributed by atoms with Crippen molar-refractivity contribution in [2.75, 3.05) is 26.3 Å². The molecular weight excluding hydrogens is 510 g/mol. The van der Waals surface area contributed by atoms with E-state index in [2.05, 4.69) is 12.1 Å². The minimum atomic E-state index is -4.07. The molecule has 1 amide bonds. The Morgan fingerprint density at radius 2 is 1.58 bits per heavy atom. The number of carbonyl (C=O) groups excluding carboxylic acids is 1. The second kappa shape index (κ2) is 10.2. The maximum Gasteiger partial charge on any atom is 0.410 e. The molecule has 2 atom stereocenters. The van der Waals surface area contributed by atoms with Crippen molar-refractivity contribution in [1.82, 2.24) is 9.21 Å². The normalized spacial score (nSPS) is 19.6. The lowest BCUT2D eigenvalue weighted by Crippen LogP contribution is -2.61. The number of sulfonamides is 1. The van der Waals surface area contributed by atoms with Gasteiger partial charge in [0.15, 0.2) is 0 Å². The molecule has 38 heavy (non-hydrogen) atoms. The molecule has 1 fully saturated rings. The summed E-state index contributed by atoms with van der Waals surface area (Å²) >= 11 is 0. The highest BCUT2D eigenvalue weighted by atomic mass is 32.2. The van der Waals surface area contributed by atoms with Crippen molar-refractivity contribution in [3.63, 3.8) is 0 Å². The van der Waals surface area contributed by atoms with Crippen LogP contribution in [0.25, 0.3) is 11.1 Å². The van der Waals surface area contributed by atoms with E-state index in [0.717, 1.165) is 38.7 Å². The van der Waals surface area contributed by atoms with Crippen LogP contribution in [-0.2, 0) is 14.8 Å². The minimum Gasteiger partial charge on any atom is -0.448 e. The van der Waals surface area contributed by atoms with Gasteiger partial charge in [-0.1, -0.05) is 48.5 Å². The fraction of sp³-hybridized carbons (Fsp3) is 0.296. The van der Waals surface area contributed by atoms with Crippen LogP contribution >= 0.6 is 0 Å². The van der Waals surface area contributed by atoms with E-state index >= 15 is 0 Å². The number of non-ortho nitro benzene ring substituents is 1. The third-order valence-corrected chi connectivity index (χ3v) is 9.16. The quantitative estimate of drug-likeness (QED) is 0.376. The molecule has 10 nitrogen and oxygen atoms in total. The summed E-state index contributed by atoms with van der Waals surface area (Å²) in [7, 11) is -4.07. The van der Waals surface area contributed by atoms with Gasteiger partial charge in [0, 0.05) is 37.2 Å². The first kappa shape index (κ1) is 25.8. The molecule has 0 bridgehead atoms. The average Bonchev–Trinajstić information content (AvgIpc) is 3.25. The predicted octanol–water partition coefficient (Wildman–Crippen LogP) is 3.60. The fourth-order valence-corrected chi connectivity index (χ4v) is 6.94. The number of nitrogens with zero attached hydrogens (tertiary/aromatic N) is 3. The van der Waals surface area contributed by atoms with E-state index in [1.54, 1.807) is 6.92 Å². The van der Waals surface area contributed by atoms with Gasteiger partial charge in [0.25, 0.3) is 5.69 Å². The lowest BCUT2D eigenvalue weighted by molar-refractivity contribution is -0.384. The van der Waals surface area contributed by atoms with Gasteiger partial charge in [-0.2, -0.15) is 4.31 Å². The first-order valence-corrected chi connectivity index (χ1v) is 13.6. The van der Waals surface area contributed by atoms with Crippen molar-refractivity contribution in [2.45, 2.75) is 29.8 Å². The number of nitro benzene ring substituents is 1. The highest BCUT2D eigenvalue weighted by Crippen LogP contribution is 2.44. The summed E-state index contributed by atoms with van der Waals surface area (Å²) in [5, 5.41) is 20.9. The van der Waals surface area contributed by atoms with Gasteiger partial charge < -0.3 is 14.7 Å². The van der Waals surface area contributed by atoms with Crippen LogP contribution in [0.1, 0.15) is 24.0 Å². The van der Waals surface area contributed by atoms with E-state index in [9.17, 15) is 28.4 Å². The van der Waals surface area contributed by atoms with Crippen molar-refractivity contribution >= 4 is 21.8 Å². The summed E-state index contributed by atoms with van der Waals surface area (Å²) in [6, 6.07) is 19.2. The zero-order chi connectivity index (χ0) is 27.0.